The fraction of sp³-hybridized carbons (Fsp3) is 0. The predicted molar refractivity (Wildman–Crippen MR) is 205 cm³/mol. The number of hydrogen-bond donors (Lipinski definition) is 0. The van der Waals surface area contributed by atoms with Crippen LogP contribution in [-0.2, 0) is 0 Å². The van der Waals surface area contributed by atoms with Gasteiger partial charge in [-0.25, -0.2) is 9.97 Å². The minimum Gasteiger partial charge on any atom is -0.455 e. The molecule has 0 bridgehead atoms. The van der Waals surface area contributed by atoms with Crippen molar-refractivity contribution in [3.8, 4) is 50.7 Å². The number of benzene rings is 7. The zero-order chi connectivity index (χ0) is 33.0. The lowest BCUT2D eigenvalue weighted by atomic mass is 10.0. The summed E-state index contributed by atoms with van der Waals surface area (Å²) in [5, 5.41) is 4.34. The van der Waals surface area contributed by atoms with Crippen LogP contribution in [0.5, 0.6) is 0 Å². The number of aromatic nitrogens is 3. The summed E-state index contributed by atoms with van der Waals surface area (Å²) in [5.41, 5.74) is 12.0. The molecule has 0 fully saturated rings. The van der Waals surface area contributed by atoms with Crippen molar-refractivity contribution in [3.05, 3.63) is 176 Å². The van der Waals surface area contributed by atoms with E-state index in [1.54, 1.807) is 0 Å². The molecule has 0 unspecified atom stereocenters. The first-order chi connectivity index (χ1) is 24.8. The number of rotatable bonds is 5. The second-order valence-electron chi connectivity index (χ2n) is 12.6. The quantitative estimate of drug-likeness (QED) is 0.188. The topological polar surface area (TPSA) is 43.9 Å². The van der Waals surface area contributed by atoms with Gasteiger partial charge in [0.1, 0.15) is 11.2 Å². The van der Waals surface area contributed by atoms with Crippen LogP contribution in [0.15, 0.2) is 180 Å². The third-order valence-electron chi connectivity index (χ3n) is 9.62. The Hall–Kier alpha value is -6.78. The molecule has 0 N–H and O–H groups in total. The van der Waals surface area contributed by atoms with Crippen molar-refractivity contribution < 1.29 is 4.42 Å². The summed E-state index contributed by atoms with van der Waals surface area (Å²) in [4.78, 5) is 10.3. The van der Waals surface area contributed by atoms with Gasteiger partial charge in [0.05, 0.1) is 33.4 Å². The van der Waals surface area contributed by atoms with E-state index in [2.05, 4.69) is 144 Å². The van der Waals surface area contributed by atoms with Crippen molar-refractivity contribution in [3.63, 3.8) is 0 Å². The normalized spacial score (nSPS) is 11.6. The highest BCUT2D eigenvalue weighted by molar-refractivity contribution is 6.24. The molecule has 0 radical (unpaired) electrons. The van der Waals surface area contributed by atoms with Crippen LogP contribution in [0.1, 0.15) is 0 Å². The summed E-state index contributed by atoms with van der Waals surface area (Å²) in [6, 6.07) is 61.2. The Morgan fingerprint density at radius 2 is 0.980 bits per heavy atom. The van der Waals surface area contributed by atoms with Crippen LogP contribution in [0.4, 0.5) is 0 Å². The summed E-state index contributed by atoms with van der Waals surface area (Å²) < 4.78 is 9.35. The summed E-state index contributed by atoms with van der Waals surface area (Å²) in [6.07, 6.45) is 0. The van der Waals surface area contributed by atoms with Gasteiger partial charge in [-0.2, -0.15) is 0 Å². The Kier molecular flexibility index (Phi) is 6.46. The van der Waals surface area contributed by atoms with Gasteiger partial charge in [-0.05, 0) is 53.6 Å². The van der Waals surface area contributed by atoms with Crippen LogP contribution in [-0.4, -0.2) is 14.5 Å². The standard InChI is InChI=1S/C46H29N3O/c1-4-14-30(15-5-1)33-20-12-21-34(28-33)49-41-25-11-10-22-37(41)43-42(49)27-26-36-35-23-13-24-38(44(35)50-45(36)43)46-47-39(31-16-6-2-7-17-31)29-40(48-46)32-18-8-3-9-19-32/h1-29H. The van der Waals surface area contributed by atoms with E-state index in [0.717, 1.165) is 77.5 Å². The third-order valence-corrected chi connectivity index (χ3v) is 9.62. The van der Waals surface area contributed by atoms with E-state index >= 15 is 0 Å². The Labute approximate surface area is 288 Å². The van der Waals surface area contributed by atoms with Gasteiger partial charge in [0.25, 0.3) is 0 Å². The number of para-hydroxylation sites is 2. The zero-order valence-corrected chi connectivity index (χ0v) is 27.0. The number of furan rings is 1. The van der Waals surface area contributed by atoms with Crippen molar-refractivity contribution in [2.75, 3.05) is 0 Å². The van der Waals surface area contributed by atoms with Crippen molar-refractivity contribution in [1.82, 2.24) is 14.5 Å². The Balaban J connectivity index is 1.22. The summed E-state index contributed by atoms with van der Waals surface area (Å²) in [6.45, 7) is 0. The second kappa shape index (κ2) is 11.4. The maximum absolute atomic E-state index is 7.00. The first-order valence-corrected chi connectivity index (χ1v) is 16.8. The fourth-order valence-electron chi connectivity index (χ4n) is 7.30. The largest absolute Gasteiger partial charge is 0.455 e. The fourth-order valence-corrected chi connectivity index (χ4v) is 7.30. The van der Waals surface area contributed by atoms with E-state index in [0.29, 0.717) is 5.82 Å². The van der Waals surface area contributed by atoms with E-state index in [-0.39, 0.29) is 0 Å². The predicted octanol–water partition coefficient (Wildman–Crippen LogP) is 12.1. The minimum absolute atomic E-state index is 0.631. The number of fused-ring (bicyclic) bond motifs is 7. The molecule has 10 aromatic rings. The molecule has 0 atom stereocenters. The van der Waals surface area contributed by atoms with Crippen LogP contribution in [0.25, 0.3) is 94.5 Å². The van der Waals surface area contributed by atoms with E-state index in [9.17, 15) is 0 Å². The van der Waals surface area contributed by atoms with Crippen LogP contribution >= 0.6 is 0 Å². The van der Waals surface area contributed by atoms with Gasteiger partial charge in [0.2, 0.25) is 0 Å². The summed E-state index contributed by atoms with van der Waals surface area (Å²) >= 11 is 0. The molecule has 0 saturated heterocycles. The molecule has 4 heteroatoms. The lowest BCUT2D eigenvalue weighted by Gasteiger charge is -2.10. The molecule has 234 valence electrons. The Morgan fingerprint density at radius 3 is 1.70 bits per heavy atom. The molecule has 0 amide bonds. The van der Waals surface area contributed by atoms with Gasteiger partial charge in [-0.15, -0.1) is 0 Å². The first kappa shape index (κ1) is 28.3. The number of nitrogens with zero attached hydrogens (tertiary/aromatic N) is 3. The molecule has 3 aromatic heterocycles. The number of hydrogen-bond acceptors (Lipinski definition) is 3. The maximum Gasteiger partial charge on any atom is 0.164 e. The van der Waals surface area contributed by atoms with Gasteiger partial charge < -0.3 is 8.98 Å². The molecule has 50 heavy (non-hydrogen) atoms. The highest BCUT2D eigenvalue weighted by atomic mass is 16.3. The first-order valence-electron chi connectivity index (χ1n) is 16.8. The van der Waals surface area contributed by atoms with Crippen molar-refractivity contribution in [2.45, 2.75) is 0 Å². The minimum atomic E-state index is 0.631. The van der Waals surface area contributed by atoms with Gasteiger partial charge in [-0.1, -0.05) is 133 Å². The van der Waals surface area contributed by atoms with Crippen LogP contribution in [0.2, 0.25) is 0 Å². The molecular formula is C46H29N3O. The van der Waals surface area contributed by atoms with Crippen LogP contribution in [0, 0.1) is 0 Å². The van der Waals surface area contributed by atoms with Crippen molar-refractivity contribution in [1.29, 1.82) is 0 Å². The monoisotopic (exact) mass is 639 g/mol. The van der Waals surface area contributed by atoms with Gasteiger partial charge in [0.15, 0.2) is 5.82 Å². The Morgan fingerprint density at radius 1 is 0.400 bits per heavy atom. The van der Waals surface area contributed by atoms with Gasteiger partial charge in [0, 0.05) is 33.0 Å². The third kappa shape index (κ3) is 4.54. The van der Waals surface area contributed by atoms with Gasteiger partial charge >= 0.3 is 0 Å². The summed E-state index contributed by atoms with van der Waals surface area (Å²) in [7, 11) is 0. The molecule has 0 aliphatic rings. The maximum atomic E-state index is 7.00. The second-order valence-corrected chi connectivity index (χ2v) is 12.6. The molecular weight excluding hydrogens is 611 g/mol. The molecule has 0 aliphatic heterocycles. The van der Waals surface area contributed by atoms with E-state index in [4.69, 9.17) is 14.4 Å². The van der Waals surface area contributed by atoms with Crippen molar-refractivity contribution in [2.24, 2.45) is 0 Å². The lowest BCUT2D eigenvalue weighted by molar-refractivity contribution is 0.673. The SMILES string of the molecule is c1ccc(-c2cccc(-n3c4ccccc4c4c5oc6c(-c7nc(-c8ccccc8)cc(-c8ccccc8)n7)cccc6c5ccc43)c2)cc1. The molecule has 4 nitrogen and oxygen atoms in total. The molecule has 10 rings (SSSR count). The smallest absolute Gasteiger partial charge is 0.164 e. The average molecular weight is 640 g/mol. The average Bonchev–Trinajstić information content (AvgIpc) is 3.75. The van der Waals surface area contributed by atoms with E-state index < -0.39 is 0 Å². The molecule has 7 aromatic carbocycles. The lowest BCUT2D eigenvalue weighted by Crippen LogP contribution is -1.96. The molecule has 0 spiro atoms. The summed E-state index contributed by atoms with van der Waals surface area (Å²) in [5.74, 6) is 0.631. The molecule has 3 heterocycles. The van der Waals surface area contributed by atoms with Crippen molar-refractivity contribution >= 4 is 43.7 Å². The van der Waals surface area contributed by atoms with Gasteiger partial charge in [-0.3, -0.25) is 0 Å². The van der Waals surface area contributed by atoms with Crippen LogP contribution < -0.4 is 0 Å². The molecule has 0 saturated carbocycles. The highest BCUT2D eigenvalue weighted by Crippen LogP contribution is 2.43. The van der Waals surface area contributed by atoms with Crippen LogP contribution in [0.3, 0.4) is 0 Å². The van der Waals surface area contributed by atoms with E-state index in [1.165, 1.54) is 11.1 Å². The zero-order valence-electron chi connectivity index (χ0n) is 27.0. The van der Waals surface area contributed by atoms with E-state index in [1.807, 2.05) is 36.4 Å². The highest BCUT2D eigenvalue weighted by Gasteiger charge is 2.21. The molecule has 0 aliphatic carbocycles. The Bertz CT molecular complexity index is 2800.